The standard InChI is InChI=1S/C21H20ClN3O4S/c1-3-29-20(28)13-7-9-15(10-8-13)24-21-25(2)18(26)12-17(30-21)19(27)23-16-6-4-5-14(22)11-16/h4-11,17H,3,12H2,1-2H3,(H,23,27)/t17-/m0/s1. The van der Waals surface area contributed by atoms with Crippen molar-refractivity contribution in [1.29, 1.82) is 0 Å². The molecule has 2 aromatic rings. The van der Waals surface area contributed by atoms with Crippen LogP contribution in [0.15, 0.2) is 53.5 Å². The highest BCUT2D eigenvalue weighted by Gasteiger charge is 2.34. The number of nitrogens with zero attached hydrogens (tertiary/aromatic N) is 2. The first-order valence-corrected chi connectivity index (χ1v) is 10.5. The molecule has 0 spiro atoms. The van der Waals surface area contributed by atoms with Crippen LogP contribution in [0.4, 0.5) is 11.4 Å². The number of carbonyl (C=O) groups is 3. The third-order valence-corrected chi connectivity index (χ3v) is 5.73. The van der Waals surface area contributed by atoms with Gasteiger partial charge < -0.3 is 10.1 Å². The van der Waals surface area contributed by atoms with Gasteiger partial charge in [-0.2, -0.15) is 0 Å². The van der Waals surface area contributed by atoms with Crippen molar-refractivity contribution in [3.63, 3.8) is 0 Å². The lowest BCUT2D eigenvalue weighted by Crippen LogP contribution is -2.43. The number of carbonyl (C=O) groups excluding carboxylic acids is 3. The van der Waals surface area contributed by atoms with Crippen molar-refractivity contribution in [2.45, 2.75) is 18.6 Å². The molecule has 3 rings (SSSR count). The highest BCUT2D eigenvalue weighted by molar-refractivity contribution is 8.15. The van der Waals surface area contributed by atoms with Crippen LogP contribution in [-0.2, 0) is 14.3 Å². The maximum absolute atomic E-state index is 12.7. The van der Waals surface area contributed by atoms with Crippen LogP contribution < -0.4 is 5.32 Å². The number of rotatable bonds is 5. The van der Waals surface area contributed by atoms with Gasteiger partial charge >= 0.3 is 5.97 Å². The zero-order valence-electron chi connectivity index (χ0n) is 16.4. The van der Waals surface area contributed by atoms with Gasteiger partial charge in [0, 0.05) is 24.2 Å². The van der Waals surface area contributed by atoms with Crippen LogP contribution >= 0.6 is 23.4 Å². The molecule has 1 atom stereocenters. The molecule has 0 unspecified atom stereocenters. The van der Waals surface area contributed by atoms with E-state index < -0.39 is 11.2 Å². The van der Waals surface area contributed by atoms with Gasteiger partial charge in [-0.3, -0.25) is 14.5 Å². The minimum atomic E-state index is -0.620. The first-order valence-electron chi connectivity index (χ1n) is 9.23. The van der Waals surface area contributed by atoms with Gasteiger partial charge in [0.05, 0.1) is 17.9 Å². The zero-order valence-corrected chi connectivity index (χ0v) is 18.0. The molecule has 2 amide bonds. The molecule has 1 heterocycles. The SMILES string of the molecule is CCOC(=O)c1ccc(N=C2S[C@H](C(=O)Nc3cccc(Cl)c3)CC(=O)N2C)cc1. The largest absolute Gasteiger partial charge is 0.462 e. The van der Waals surface area contributed by atoms with E-state index in [2.05, 4.69) is 10.3 Å². The molecule has 0 bridgehead atoms. The van der Waals surface area contributed by atoms with Crippen molar-refractivity contribution >= 4 is 57.7 Å². The lowest BCUT2D eigenvalue weighted by atomic mass is 10.2. The Bertz CT molecular complexity index is 994. The zero-order chi connectivity index (χ0) is 21.7. The van der Waals surface area contributed by atoms with Crippen molar-refractivity contribution < 1.29 is 19.1 Å². The number of anilines is 1. The number of nitrogens with one attached hydrogen (secondary N) is 1. The predicted octanol–water partition coefficient (Wildman–Crippen LogP) is 4.11. The van der Waals surface area contributed by atoms with E-state index in [1.807, 2.05) is 0 Å². The van der Waals surface area contributed by atoms with Gasteiger partial charge in [0.1, 0.15) is 5.25 Å². The number of halogens is 1. The fraction of sp³-hybridized carbons (Fsp3) is 0.238. The third kappa shape index (κ3) is 5.40. The third-order valence-electron chi connectivity index (χ3n) is 4.26. The van der Waals surface area contributed by atoms with Crippen molar-refractivity contribution in [3.05, 3.63) is 59.1 Å². The van der Waals surface area contributed by atoms with Crippen LogP contribution in [0.2, 0.25) is 5.02 Å². The van der Waals surface area contributed by atoms with E-state index in [0.29, 0.717) is 33.7 Å². The summed E-state index contributed by atoms with van der Waals surface area (Å²) in [4.78, 5) is 42.7. The van der Waals surface area contributed by atoms with Crippen molar-refractivity contribution in [2.75, 3.05) is 19.0 Å². The second-order valence-corrected chi connectivity index (χ2v) is 8.03. The number of esters is 1. The first-order chi connectivity index (χ1) is 14.4. The van der Waals surface area contributed by atoms with E-state index in [9.17, 15) is 14.4 Å². The molecule has 1 aliphatic heterocycles. The second kappa shape index (κ2) is 9.77. The minimum absolute atomic E-state index is 0.0639. The van der Waals surface area contributed by atoms with Crippen LogP contribution in [0, 0.1) is 0 Å². The Balaban J connectivity index is 1.74. The Morgan fingerprint density at radius 1 is 1.27 bits per heavy atom. The summed E-state index contributed by atoms with van der Waals surface area (Å²) in [5, 5.41) is 3.07. The number of hydrogen-bond acceptors (Lipinski definition) is 6. The maximum Gasteiger partial charge on any atom is 0.338 e. The molecule has 0 radical (unpaired) electrons. The lowest BCUT2D eigenvalue weighted by molar-refractivity contribution is -0.128. The van der Waals surface area contributed by atoms with E-state index >= 15 is 0 Å². The van der Waals surface area contributed by atoms with Gasteiger partial charge in [-0.25, -0.2) is 9.79 Å². The summed E-state index contributed by atoms with van der Waals surface area (Å²) in [6, 6.07) is 13.3. The monoisotopic (exact) mass is 445 g/mol. The van der Waals surface area contributed by atoms with E-state index in [1.165, 1.54) is 16.7 Å². The number of thioether (sulfide) groups is 1. The predicted molar refractivity (Wildman–Crippen MR) is 118 cm³/mol. The van der Waals surface area contributed by atoms with Crippen LogP contribution in [0.25, 0.3) is 0 Å². The summed E-state index contributed by atoms with van der Waals surface area (Å²) in [6.45, 7) is 2.04. The summed E-state index contributed by atoms with van der Waals surface area (Å²) in [5.41, 5.74) is 1.54. The fourth-order valence-corrected chi connectivity index (χ4v) is 3.94. The number of benzene rings is 2. The van der Waals surface area contributed by atoms with Crippen LogP contribution in [0.5, 0.6) is 0 Å². The van der Waals surface area contributed by atoms with E-state index in [1.54, 1.807) is 62.5 Å². The van der Waals surface area contributed by atoms with Crippen LogP contribution in [-0.4, -0.2) is 46.8 Å². The van der Waals surface area contributed by atoms with Crippen molar-refractivity contribution in [1.82, 2.24) is 4.90 Å². The fourth-order valence-electron chi connectivity index (χ4n) is 2.68. The molecule has 156 valence electrons. The molecule has 7 nitrogen and oxygen atoms in total. The number of aliphatic imine (C=N–C) groups is 1. The van der Waals surface area contributed by atoms with E-state index in [0.717, 1.165) is 0 Å². The molecule has 1 aliphatic rings. The maximum atomic E-state index is 12.7. The molecule has 0 saturated carbocycles. The van der Waals surface area contributed by atoms with Gasteiger partial charge in [0.25, 0.3) is 0 Å². The number of amidine groups is 1. The molecule has 0 aliphatic carbocycles. The summed E-state index contributed by atoms with van der Waals surface area (Å²) >= 11 is 7.16. The highest BCUT2D eigenvalue weighted by atomic mass is 35.5. The summed E-state index contributed by atoms with van der Waals surface area (Å²) < 4.78 is 4.96. The minimum Gasteiger partial charge on any atom is -0.462 e. The molecular weight excluding hydrogens is 426 g/mol. The van der Waals surface area contributed by atoms with Crippen molar-refractivity contribution in [3.8, 4) is 0 Å². The molecule has 1 fully saturated rings. The molecule has 1 saturated heterocycles. The summed E-state index contributed by atoms with van der Waals surface area (Å²) in [7, 11) is 1.62. The molecule has 30 heavy (non-hydrogen) atoms. The molecule has 2 aromatic carbocycles. The number of amides is 2. The Morgan fingerprint density at radius 2 is 2.00 bits per heavy atom. The summed E-state index contributed by atoms with van der Waals surface area (Å²) in [5.74, 6) is -0.912. The van der Waals surface area contributed by atoms with E-state index in [4.69, 9.17) is 16.3 Å². The Hall–Kier alpha value is -2.84. The highest BCUT2D eigenvalue weighted by Crippen LogP contribution is 2.29. The van der Waals surface area contributed by atoms with Crippen LogP contribution in [0.1, 0.15) is 23.7 Å². The average Bonchev–Trinajstić information content (AvgIpc) is 2.72. The smallest absolute Gasteiger partial charge is 0.338 e. The Labute approximate surface area is 183 Å². The molecular formula is C21H20ClN3O4S. The summed E-state index contributed by atoms with van der Waals surface area (Å²) in [6.07, 6.45) is 0.0639. The molecule has 1 N–H and O–H groups in total. The van der Waals surface area contributed by atoms with Crippen molar-refractivity contribution in [2.24, 2.45) is 4.99 Å². The molecule has 9 heteroatoms. The lowest BCUT2D eigenvalue weighted by Gasteiger charge is -2.28. The van der Waals surface area contributed by atoms with Crippen LogP contribution in [0.3, 0.4) is 0 Å². The first kappa shape index (κ1) is 21.9. The van der Waals surface area contributed by atoms with Gasteiger partial charge in [0.2, 0.25) is 11.8 Å². The number of hydrogen-bond donors (Lipinski definition) is 1. The normalized spacial score (nSPS) is 17.7. The topological polar surface area (TPSA) is 88.1 Å². The number of ether oxygens (including phenoxy) is 1. The van der Waals surface area contributed by atoms with E-state index in [-0.39, 0.29) is 18.2 Å². The Morgan fingerprint density at radius 3 is 2.67 bits per heavy atom. The second-order valence-electron chi connectivity index (χ2n) is 6.42. The average molecular weight is 446 g/mol. The van der Waals surface area contributed by atoms with Gasteiger partial charge in [0.15, 0.2) is 5.17 Å². The van der Waals surface area contributed by atoms with Gasteiger partial charge in [-0.1, -0.05) is 29.4 Å². The van der Waals surface area contributed by atoms with Gasteiger partial charge in [-0.15, -0.1) is 0 Å². The Kier molecular flexibility index (Phi) is 7.12. The molecule has 0 aromatic heterocycles. The quantitative estimate of drug-likeness (QED) is 0.700. The van der Waals surface area contributed by atoms with Gasteiger partial charge in [-0.05, 0) is 49.4 Å².